The van der Waals surface area contributed by atoms with E-state index >= 15 is 0 Å². The van der Waals surface area contributed by atoms with E-state index in [2.05, 4.69) is 31.9 Å². The second kappa shape index (κ2) is 14.0. The monoisotopic (exact) mass is 661 g/mol. The molecule has 0 amide bonds. The van der Waals surface area contributed by atoms with Crippen LogP contribution < -0.4 is 31.9 Å². The molecule has 6 nitrogen and oxygen atoms in total. The average Bonchev–Trinajstić information content (AvgIpc) is 3.17. The number of fused-ring (bicyclic) bond motifs is 9. The summed E-state index contributed by atoms with van der Waals surface area (Å²) in [5, 5.41) is 25.7. The van der Waals surface area contributed by atoms with E-state index in [4.69, 9.17) is 0 Å². The second-order valence-corrected chi connectivity index (χ2v) is 19.8. The summed E-state index contributed by atoms with van der Waals surface area (Å²) >= 11 is 0. The van der Waals surface area contributed by atoms with Crippen LogP contribution in [0.3, 0.4) is 0 Å². The quantitative estimate of drug-likeness (QED) is 0.233. The number of piperidine rings is 6. The van der Waals surface area contributed by atoms with Crippen LogP contribution in [0, 0.1) is 53.3 Å². The lowest BCUT2D eigenvalue weighted by atomic mass is 9.61. The van der Waals surface area contributed by atoms with Gasteiger partial charge in [0.1, 0.15) is 0 Å². The Bertz CT molecular complexity index is 961. The van der Waals surface area contributed by atoms with Crippen molar-refractivity contribution < 1.29 is 0 Å². The van der Waals surface area contributed by atoms with Crippen molar-refractivity contribution in [2.75, 3.05) is 19.6 Å². The molecule has 6 saturated heterocycles. The van der Waals surface area contributed by atoms with Crippen LogP contribution in [0.1, 0.15) is 135 Å². The van der Waals surface area contributed by atoms with Gasteiger partial charge in [-0.3, -0.25) is 0 Å². The van der Waals surface area contributed by atoms with Crippen molar-refractivity contribution >= 4 is 0 Å². The van der Waals surface area contributed by atoms with Crippen LogP contribution >= 0.6 is 0 Å². The Morgan fingerprint density at radius 2 is 0.521 bits per heavy atom. The van der Waals surface area contributed by atoms with E-state index in [1.54, 1.807) is 0 Å². The topological polar surface area (TPSA) is 72.2 Å². The molecule has 15 atom stereocenters. The standard InChI is InChI=1S/C42H72N6/c1-4-25-7-10-28-13-16-34(46-40(28)37(25)43-19-1)31-22-32(35-17-14-29-11-8-26-5-2-20-44-38(26)41(29)47-35)24-33(23-31)36-18-15-30-12-9-27-6-3-21-45-39(27)42(30)48-36/h25-48H,1-24H2. The second-order valence-electron chi connectivity index (χ2n) is 19.8. The molecule has 0 aromatic rings. The number of hydrogen-bond acceptors (Lipinski definition) is 6. The first kappa shape index (κ1) is 32.4. The molecule has 0 radical (unpaired) electrons. The lowest BCUT2D eigenvalue weighted by Crippen LogP contribution is -2.67. The molecule has 6 aliphatic heterocycles. The summed E-state index contributed by atoms with van der Waals surface area (Å²) < 4.78 is 0. The van der Waals surface area contributed by atoms with Gasteiger partial charge in [-0.2, -0.15) is 0 Å². The summed E-state index contributed by atoms with van der Waals surface area (Å²) in [4.78, 5) is 0. The molecule has 48 heavy (non-hydrogen) atoms. The fourth-order valence-electron chi connectivity index (χ4n) is 15.3. The highest BCUT2D eigenvalue weighted by Crippen LogP contribution is 2.49. The zero-order valence-corrected chi connectivity index (χ0v) is 30.4. The van der Waals surface area contributed by atoms with E-state index in [-0.39, 0.29) is 0 Å². The number of hydrogen-bond donors (Lipinski definition) is 6. The molecule has 4 aliphatic carbocycles. The molecule has 0 spiro atoms. The smallest absolute Gasteiger partial charge is 0.0254 e. The van der Waals surface area contributed by atoms with Crippen LogP contribution in [0.4, 0.5) is 0 Å². The summed E-state index contributed by atoms with van der Waals surface area (Å²) in [5.74, 6) is 8.11. The van der Waals surface area contributed by atoms with Gasteiger partial charge in [0.2, 0.25) is 0 Å². The lowest BCUT2D eigenvalue weighted by Gasteiger charge is -2.55. The highest BCUT2D eigenvalue weighted by Gasteiger charge is 2.51. The molecule has 0 aromatic carbocycles. The highest BCUT2D eigenvalue weighted by molar-refractivity contribution is 5.08. The van der Waals surface area contributed by atoms with E-state index < -0.39 is 0 Å². The predicted octanol–water partition coefficient (Wildman–Crippen LogP) is 5.72. The first-order valence-corrected chi connectivity index (χ1v) is 22.2. The van der Waals surface area contributed by atoms with E-state index in [1.807, 2.05) is 0 Å². The Kier molecular flexibility index (Phi) is 9.42. The minimum Gasteiger partial charge on any atom is -0.312 e. The molecule has 6 heterocycles. The van der Waals surface area contributed by atoms with Gasteiger partial charge in [-0.15, -0.1) is 0 Å². The van der Waals surface area contributed by atoms with E-state index in [9.17, 15) is 0 Å². The summed E-state index contributed by atoms with van der Waals surface area (Å²) in [6.45, 7) is 3.76. The Labute approximate surface area is 293 Å². The minimum atomic E-state index is 0.733. The van der Waals surface area contributed by atoms with Crippen molar-refractivity contribution in [2.45, 2.75) is 189 Å². The average molecular weight is 661 g/mol. The summed E-state index contributed by atoms with van der Waals surface area (Å²) in [7, 11) is 0. The maximum Gasteiger partial charge on any atom is 0.0254 e. The molecule has 15 unspecified atom stereocenters. The van der Waals surface area contributed by atoms with Gasteiger partial charge in [-0.05, 0) is 208 Å². The summed E-state index contributed by atoms with van der Waals surface area (Å²) in [6, 6.07) is 6.65. The molecule has 270 valence electrons. The van der Waals surface area contributed by atoms with Crippen LogP contribution in [0.5, 0.6) is 0 Å². The summed E-state index contributed by atoms with van der Waals surface area (Å²) in [5.41, 5.74) is 0. The lowest BCUT2D eigenvalue weighted by molar-refractivity contribution is 0.0102. The third-order valence-electron chi connectivity index (χ3n) is 17.6. The molecule has 10 aliphatic rings. The Balaban J connectivity index is 0.888. The third-order valence-corrected chi connectivity index (χ3v) is 17.6. The van der Waals surface area contributed by atoms with Crippen molar-refractivity contribution in [1.82, 2.24) is 31.9 Å². The van der Waals surface area contributed by atoms with Crippen LogP contribution in [-0.2, 0) is 0 Å². The minimum absolute atomic E-state index is 0.733. The van der Waals surface area contributed by atoms with Gasteiger partial charge >= 0.3 is 0 Å². The third kappa shape index (κ3) is 6.08. The van der Waals surface area contributed by atoms with Crippen LogP contribution in [-0.4, -0.2) is 74.0 Å². The first-order chi connectivity index (χ1) is 23.7. The van der Waals surface area contributed by atoms with Gasteiger partial charge in [0, 0.05) is 54.4 Å². The van der Waals surface area contributed by atoms with E-state index in [0.29, 0.717) is 0 Å². The first-order valence-electron chi connectivity index (χ1n) is 22.2. The van der Waals surface area contributed by atoms with Gasteiger partial charge in [0.05, 0.1) is 0 Å². The fourth-order valence-corrected chi connectivity index (χ4v) is 15.3. The molecule has 10 fully saturated rings. The maximum absolute atomic E-state index is 4.51. The van der Waals surface area contributed by atoms with Crippen LogP contribution in [0.15, 0.2) is 0 Å². The van der Waals surface area contributed by atoms with Crippen molar-refractivity contribution in [1.29, 1.82) is 0 Å². The fraction of sp³-hybridized carbons (Fsp3) is 1.00. The van der Waals surface area contributed by atoms with Crippen molar-refractivity contribution in [3.63, 3.8) is 0 Å². The molecule has 6 N–H and O–H groups in total. The van der Waals surface area contributed by atoms with Crippen molar-refractivity contribution in [3.8, 4) is 0 Å². The Morgan fingerprint density at radius 1 is 0.250 bits per heavy atom. The van der Waals surface area contributed by atoms with Gasteiger partial charge in [0.15, 0.2) is 0 Å². The highest BCUT2D eigenvalue weighted by atomic mass is 15.1. The molecule has 10 rings (SSSR count). The Morgan fingerprint density at radius 3 is 0.833 bits per heavy atom. The van der Waals surface area contributed by atoms with Gasteiger partial charge < -0.3 is 31.9 Å². The SMILES string of the molecule is C1CNC2C(C1)CCC1CCC(C3CC(C4CCC5CCC6CCCNC6C5N4)CC(C4CCC5CCC6CCCNC6C5N4)C3)NC12. The molecule has 4 saturated carbocycles. The summed E-state index contributed by atoms with van der Waals surface area (Å²) in [6.07, 6.45) is 30.7. The van der Waals surface area contributed by atoms with E-state index in [0.717, 1.165) is 108 Å². The van der Waals surface area contributed by atoms with Crippen LogP contribution in [0.25, 0.3) is 0 Å². The number of nitrogens with one attached hydrogen (secondary N) is 6. The van der Waals surface area contributed by atoms with Gasteiger partial charge in [-0.1, -0.05) is 0 Å². The number of rotatable bonds is 3. The van der Waals surface area contributed by atoms with E-state index in [1.165, 1.54) is 154 Å². The molecular formula is C42H72N6. The molecule has 0 bridgehead atoms. The van der Waals surface area contributed by atoms with Crippen molar-refractivity contribution in [2.24, 2.45) is 53.3 Å². The molecular weight excluding hydrogens is 589 g/mol. The van der Waals surface area contributed by atoms with Gasteiger partial charge in [-0.25, -0.2) is 0 Å². The normalized spacial score (nSPS) is 55.5. The molecule has 0 aromatic heterocycles. The molecule has 6 heteroatoms. The van der Waals surface area contributed by atoms with Crippen molar-refractivity contribution in [3.05, 3.63) is 0 Å². The maximum atomic E-state index is 4.51. The predicted molar refractivity (Wildman–Crippen MR) is 196 cm³/mol. The van der Waals surface area contributed by atoms with Crippen LogP contribution in [0.2, 0.25) is 0 Å². The Hall–Kier alpha value is -0.240. The zero-order valence-electron chi connectivity index (χ0n) is 30.4. The van der Waals surface area contributed by atoms with Gasteiger partial charge in [0.25, 0.3) is 0 Å². The largest absolute Gasteiger partial charge is 0.312 e. The zero-order chi connectivity index (χ0) is 31.6.